The molecule has 0 spiro atoms. The number of piperidine rings is 1. The molecule has 1 saturated heterocycles. The fourth-order valence-corrected chi connectivity index (χ4v) is 4.77. The lowest BCUT2D eigenvalue weighted by Gasteiger charge is -2.44. The Morgan fingerprint density at radius 1 is 1.06 bits per heavy atom. The van der Waals surface area contributed by atoms with Gasteiger partial charge in [0.1, 0.15) is 0 Å². The Morgan fingerprint density at radius 2 is 1.74 bits per heavy atom. The number of ether oxygens (including phenoxy) is 2. The van der Waals surface area contributed by atoms with Crippen molar-refractivity contribution in [2.45, 2.75) is 70.0 Å². The van der Waals surface area contributed by atoms with Crippen LogP contribution in [0, 0.1) is 11.8 Å². The molecule has 0 saturated carbocycles. The predicted molar refractivity (Wildman–Crippen MR) is 111 cm³/mol. The first-order valence-electron chi connectivity index (χ1n) is 10.7. The van der Waals surface area contributed by atoms with Crippen LogP contribution in [0.4, 0.5) is 0 Å². The molecule has 176 valence electrons. The third-order valence-corrected chi connectivity index (χ3v) is 6.41. The molecule has 1 fully saturated rings. The van der Waals surface area contributed by atoms with E-state index >= 15 is 0 Å². The van der Waals surface area contributed by atoms with E-state index in [0.29, 0.717) is 25.2 Å². The third kappa shape index (κ3) is 4.68. The van der Waals surface area contributed by atoms with Crippen LogP contribution in [-0.2, 0) is 6.42 Å². The topological polar surface area (TPSA) is 143 Å². The molecule has 2 unspecified atom stereocenters. The summed E-state index contributed by atoms with van der Waals surface area (Å²) >= 11 is 0. The van der Waals surface area contributed by atoms with Crippen molar-refractivity contribution in [3.05, 3.63) is 23.3 Å². The van der Waals surface area contributed by atoms with E-state index in [2.05, 4.69) is 18.7 Å². The highest BCUT2D eigenvalue weighted by atomic mass is 16.8. The van der Waals surface area contributed by atoms with Gasteiger partial charge in [0, 0.05) is 19.1 Å². The molecular formula is C22H35NO8. The number of aliphatic hydroxyl groups is 6. The fraction of sp³-hybridized carbons (Fsp3) is 0.727. The molecule has 1 aromatic rings. The summed E-state index contributed by atoms with van der Waals surface area (Å²) in [6.07, 6.45) is 4.08. The minimum absolute atomic E-state index is 0.148. The van der Waals surface area contributed by atoms with Crippen LogP contribution in [0.3, 0.4) is 0 Å². The SMILES string of the molecule is COc1cc2c(cc1OC(O)(O)C(O)(O)C(C)(O)O)CCN1CC(CC(C)C)CCC21. The minimum atomic E-state index is -3.80. The number of hydrogen-bond donors (Lipinski definition) is 6. The van der Waals surface area contributed by atoms with Gasteiger partial charge in [0.25, 0.3) is 0 Å². The number of rotatable bonds is 7. The molecule has 3 rings (SSSR count). The average molecular weight is 442 g/mol. The molecule has 2 aliphatic rings. The van der Waals surface area contributed by atoms with E-state index in [-0.39, 0.29) is 17.5 Å². The number of methoxy groups -OCH3 is 1. The van der Waals surface area contributed by atoms with Crippen LogP contribution in [0.1, 0.15) is 57.2 Å². The molecule has 2 aliphatic heterocycles. The molecule has 9 nitrogen and oxygen atoms in total. The highest BCUT2D eigenvalue weighted by Gasteiger charge is 2.62. The number of benzene rings is 1. The van der Waals surface area contributed by atoms with Crippen molar-refractivity contribution >= 4 is 0 Å². The number of hydrogen-bond acceptors (Lipinski definition) is 9. The monoisotopic (exact) mass is 441 g/mol. The first-order chi connectivity index (χ1) is 14.3. The summed E-state index contributed by atoms with van der Waals surface area (Å²) in [5.41, 5.74) is 2.01. The minimum Gasteiger partial charge on any atom is -0.493 e. The Kier molecular flexibility index (Phi) is 6.61. The Balaban J connectivity index is 1.87. The lowest BCUT2D eigenvalue weighted by Crippen LogP contribution is -2.69. The molecule has 2 atom stereocenters. The van der Waals surface area contributed by atoms with Crippen LogP contribution in [0.25, 0.3) is 0 Å². The summed E-state index contributed by atoms with van der Waals surface area (Å²) in [5, 5.41) is 58.9. The molecule has 6 N–H and O–H groups in total. The molecule has 9 heteroatoms. The second-order valence-electron chi connectivity index (χ2n) is 9.44. The molecule has 0 amide bonds. The largest absolute Gasteiger partial charge is 0.493 e. The van der Waals surface area contributed by atoms with E-state index in [1.807, 2.05) is 0 Å². The molecule has 31 heavy (non-hydrogen) atoms. The second-order valence-corrected chi connectivity index (χ2v) is 9.44. The Morgan fingerprint density at radius 3 is 2.32 bits per heavy atom. The van der Waals surface area contributed by atoms with E-state index < -0.39 is 17.5 Å². The van der Waals surface area contributed by atoms with Gasteiger partial charge in [-0.15, -0.1) is 0 Å². The van der Waals surface area contributed by atoms with Gasteiger partial charge in [-0.1, -0.05) is 13.8 Å². The smallest absolute Gasteiger partial charge is 0.385 e. The second kappa shape index (κ2) is 8.47. The van der Waals surface area contributed by atoms with Crippen molar-refractivity contribution < 1.29 is 40.1 Å². The molecular weight excluding hydrogens is 406 g/mol. The van der Waals surface area contributed by atoms with E-state index in [1.165, 1.54) is 13.5 Å². The Bertz CT molecular complexity index is 786. The van der Waals surface area contributed by atoms with Crippen molar-refractivity contribution in [2.75, 3.05) is 20.2 Å². The summed E-state index contributed by atoms with van der Waals surface area (Å²) in [7, 11) is 1.39. The zero-order valence-electron chi connectivity index (χ0n) is 18.6. The molecule has 0 bridgehead atoms. The van der Waals surface area contributed by atoms with Crippen molar-refractivity contribution in [1.82, 2.24) is 4.90 Å². The van der Waals surface area contributed by atoms with Crippen LogP contribution in [0.15, 0.2) is 12.1 Å². The van der Waals surface area contributed by atoms with Gasteiger partial charge >= 0.3 is 11.8 Å². The molecule has 0 radical (unpaired) electrons. The quantitative estimate of drug-likeness (QED) is 0.332. The van der Waals surface area contributed by atoms with E-state index in [4.69, 9.17) is 9.47 Å². The average Bonchev–Trinajstić information content (AvgIpc) is 2.65. The number of fused-ring (bicyclic) bond motifs is 3. The standard InChI is InChI=1S/C22H35NO8/c1-13(2)9-14-5-6-17-16-11-18(30-4)19(10-15(16)7-8-23(17)12-14)31-22(28,29)21(26,27)20(3,24)25/h10-11,13-14,17,24-29H,5-9,12H2,1-4H3. The normalized spacial score (nSPS) is 22.8. The molecule has 2 heterocycles. The zero-order chi connectivity index (χ0) is 23.2. The summed E-state index contributed by atoms with van der Waals surface area (Å²) in [4.78, 5) is 2.48. The van der Waals surface area contributed by atoms with Crippen molar-refractivity contribution in [3.63, 3.8) is 0 Å². The molecule has 1 aromatic carbocycles. The maximum absolute atomic E-state index is 10.1. The summed E-state index contributed by atoms with van der Waals surface area (Å²) in [6, 6.07) is 3.58. The van der Waals surface area contributed by atoms with Gasteiger partial charge in [0.2, 0.25) is 5.79 Å². The van der Waals surface area contributed by atoms with Crippen LogP contribution in [0.2, 0.25) is 0 Å². The lowest BCUT2D eigenvalue weighted by molar-refractivity contribution is -0.495. The predicted octanol–water partition coefficient (Wildman–Crippen LogP) is 0.449. The van der Waals surface area contributed by atoms with Gasteiger partial charge in [-0.25, -0.2) is 0 Å². The highest BCUT2D eigenvalue weighted by Crippen LogP contribution is 2.44. The molecule has 0 aromatic heterocycles. The first-order valence-corrected chi connectivity index (χ1v) is 10.7. The van der Waals surface area contributed by atoms with Gasteiger partial charge in [-0.2, -0.15) is 0 Å². The van der Waals surface area contributed by atoms with Crippen molar-refractivity contribution in [1.29, 1.82) is 0 Å². The summed E-state index contributed by atoms with van der Waals surface area (Å²) < 4.78 is 10.4. The maximum atomic E-state index is 10.1. The van der Waals surface area contributed by atoms with Gasteiger partial charge in [-0.05, 0) is 67.7 Å². The first kappa shape index (κ1) is 24.2. The number of nitrogens with zero attached hydrogens (tertiary/aromatic N) is 1. The van der Waals surface area contributed by atoms with Crippen LogP contribution in [-0.4, -0.2) is 73.3 Å². The van der Waals surface area contributed by atoms with Crippen LogP contribution in [0.5, 0.6) is 11.5 Å². The van der Waals surface area contributed by atoms with Gasteiger partial charge < -0.3 is 40.1 Å². The summed E-state index contributed by atoms with van der Waals surface area (Å²) in [5.74, 6) is -9.42. The van der Waals surface area contributed by atoms with Crippen LogP contribution < -0.4 is 9.47 Å². The zero-order valence-corrected chi connectivity index (χ0v) is 18.6. The van der Waals surface area contributed by atoms with Crippen molar-refractivity contribution in [2.24, 2.45) is 11.8 Å². The summed E-state index contributed by atoms with van der Waals surface area (Å²) in [6.45, 7) is 6.98. The van der Waals surface area contributed by atoms with E-state index in [0.717, 1.165) is 37.1 Å². The Hall–Kier alpha value is -1.46. The van der Waals surface area contributed by atoms with Gasteiger partial charge in [0.05, 0.1) is 7.11 Å². The van der Waals surface area contributed by atoms with Gasteiger partial charge in [0.15, 0.2) is 11.5 Å². The van der Waals surface area contributed by atoms with Gasteiger partial charge in [-0.3, -0.25) is 4.90 Å². The Labute approximate surface area is 182 Å². The third-order valence-electron chi connectivity index (χ3n) is 6.41. The van der Waals surface area contributed by atoms with E-state index in [9.17, 15) is 30.6 Å². The van der Waals surface area contributed by atoms with Crippen LogP contribution >= 0.6 is 0 Å². The lowest BCUT2D eigenvalue weighted by atomic mass is 9.81. The van der Waals surface area contributed by atoms with E-state index in [1.54, 1.807) is 12.1 Å². The van der Waals surface area contributed by atoms with Crippen molar-refractivity contribution in [3.8, 4) is 11.5 Å². The molecule has 0 aliphatic carbocycles. The highest BCUT2D eigenvalue weighted by molar-refractivity contribution is 5.50. The maximum Gasteiger partial charge on any atom is 0.385 e. The fourth-order valence-electron chi connectivity index (χ4n) is 4.77.